The van der Waals surface area contributed by atoms with Crippen LogP contribution >= 0.6 is 0 Å². The molecule has 0 aromatic carbocycles. The van der Waals surface area contributed by atoms with Crippen LogP contribution in [0.1, 0.15) is 41.5 Å². The fraction of sp³-hybridized carbons (Fsp3) is 0.800. The molecule has 0 saturated carbocycles. The maximum absolute atomic E-state index is 6.70. The van der Waals surface area contributed by atoms with Crippen molar-refractivity contribution in [3.63, 3.8) is 0 Å². The Labute approximate surface area is 195 Å². The first-order chi connectivity index (χ1) is 14.5. The van der Waals surface area contributed by atoms with Crippen molar-refractivity contribution in [1.82, 2.24) is 0 Å². The van der Waals surface area contributed by atoms with Gasteiger partial charge in [-0.05, 0) is 79.1 Å². The maximum atomic E-state index is 6.70. The molecule has 0 spiro atoms. The third-order valence-corrected chi connectivity index (χ3v) is 16.1. The lowest BCUT2D eigenvalue weighted by Crippen LogP contribution is -2.48. The molecule has 0 amide bonds. The van der Waals surface area contributed by atoms with Crippen molar-refractivity contribution < 1.29 is 30.7 Å². The summed E-state index contributed by atoms with van der Waals surface area (Å²) < 4.78 is 42.3. The molecule has 0 heterocycles. The van der Waals surface area contributed by atoms with Crippen LogP contribution in [0.2, 0.25) is 26.2 Å². The quantitative estimate of drug-likeness (QED) is 0.246. The Balaban J connectivity index is 5.59. The minimum atomic E-state index is -2.84. The van der Waals surface area contributed by atoms with E-state index in [-0.39, 0.29) is 0 Å². The summed E-state index contributed by atoms with van der Waals surface area (Å²) in [6, 6.07) is 0. The summed E-state index contributed by atoms with van der Waals surface area (Å²) >= 11 is 0. The fourth-order valence-electron chi connectivity index (χ4n) is 3.10. The molecule has 0 N–H and O–H groups in total. The molecule has 0 unspecified atom stereocenters. The van der Waals surface area contributed by atoms with E-state index >= 15 is 0 Å². The average Bonchev–Trinajstić information content (AvgIpc) is 2.66. The summed E-state index contributed by atoms with van der Waals surface area (Å²) in [5, 5.41) is 0. The van der Waals surface area contributed by atoms with Gasteiger partial charge >= 0.3 is 17.6 Å². The van der Waals surface area contributed by atoms with Crippen molar-refractivity contribution in [2.45, 2.75) is 67.7 Å². The minimum absolute atomic E-state index is 0.543. The standard InChI is InChI=1S/C20H46O7Si4/c1-11-21-30(22-12-2,23-13-3)19-17-28(7,8)27-29(9,10)18-20-31(24-14-4,25-15-5)26-16-6/h17-20H,11-16H2,1-10H3/b19-17+,20-18+. The van der Waals surface area contributed by atoms with Gasteiger partial charge in [-0.1, -0.05) is 11.4 Å². The molecule has 0 bridgehead atoms. The smallest absolute Gasteiger partial charge is 0.449 e. The molecule has 0 aliphatic rings. The number of hydrogen-bond donors (Lipinski definition) is 0. The molecule has 0 aromatic rings. The lowest BCUT2D eigenvalue weighted by molar-refractivity contribution is 0.0835. The van der Waals surface area contributed by atoms with Gasteiger partial charge in [-0.2, -0.15) is 0 Å². The van der Waals surface area contributed by atoms with Crippen LogP contribution < -0.4 is 0 Å². The summed E-state index contributed by atoms with van der Waals surface area (Å²) in [5.74, 6) is 0. The van der Waals surface area contributed by atoms with Gasteiger partial charge in [0.2, 0.25) is 0 Å². The zero-order valence-corrected chi connectivity index (χ0v) is 25.4. The van der Waals surface area contributed by atoms with Gasteiger partial charge in [-0.15, -0.1) is 0 Å². The Kier molecular flexibility index (Phi) is 15.1. The Morgan fingerprint density at radius 2 is 0.645 bits per heavy atom. The van der Waals surface area contributed by atoms with E-state index in [2.05, 4.69) is 37.6 Å². The van der Waals surface area contributed by atoms with Crippen LogP contribution in [0.4, 0.5) is 0 Å². The molecule has 0 aliphatic carbocycles. The lowest BCUT2D eigenvalue weighted by atomic mass is 10.9. The van der Waals surface area contributed by atoms with Crippen LogP contribution in [0.5, 0.6) is 0 Å². The van der Waals surface area contributed by atoms with Gasteiger partial charge in [-0.3, -0.25) is 0 Å². The predicted octanol–water partition coefficient (Wildman–Crippen LogP) is 4.78. The van der Waals surface area contributed by atoms with E-state index in [4.69, 9.17) is 30.7 Å². The second kappa shape index (κ2) is 15.1. The van der Waals surface area contributed by atoms with E-state index in [9.17, 15) is 0 Å². The third-order valence-electron chi connectivity index (χ3n) is 3.98. The molecule has 0 radical (unpaired) electrons. The van der Waals surface area contributed by atoms with E-state index in [1.165, 1.54) is 0 Å². The average molecular weight is 511 g/mol. The highest BCUT2D eigenvalue weighted by atomic mass is 28.4. The van der Waals surface area contributed by atoms with Crippen molar-refractivity contribution in [2.75, 3.05) is 39.6 Å². The van der Waals surface area contributed by atoms with Gasteiger partial charge in [0, 0.05) is 39.6 Å². The molecular formula is C20H46O7Si4. The molecule has 0 aromatic heterocycles. The van der Waals surface area contributed by atoms with Crippen molar-refractivity contribution in [3.05, 3.63) is 22.8 Å². The first-order valence-corrected chi connectivity index (χ1v) is 21.0. The van der Waals surface area contributed by atoms with Crippen LogP contribution in [-0.4, -0.2) is 73.9 Å². The molecule has 0 atom stereocenters. The van der Waals surface area contributed by atoms with Gasteiger partial charge in [0.25, 0.3) is 0 Å². The van der Waals surface area contributed by atoms with Gasteiger partial charge < -0.3 is 30.7 Å². The lowest BCUT2D eigenvalue weighted by Gasteiger charge is -2.32. The monoisotopic (exact) mass is 510 g/mol. The summed E-state index contributed by atoms with van der Waals surface area (Å²) in [5.41, 5.74) is 8.29. The molecule has 31 heavy (non-hydrogen) atoms. The van der Waals surface area contributed by atoms with E-state index in [0.717, 1.165) is 0 Å². The first kappa shape index (κ1) is 31.1. The molecule has 11 heteroatoms. The van der Waals surface area contributed by atoms with Gasteiger partial charge in [0.15, 0.2) is 16.6 Å². The van der Waals surface area contributed by atoms with Crippen LogP contribution in [-0.2, 0) is 30.7 Å². The zero-order chi connectivity index (χ0) is 24.0. The highest BCUT2D eigenvalue weighted by Crippen LogP contribution is 2.21. The Morgan fingerprint density at radius 1 is 0.419 bits per heavy atom. The highest BCUT2D eigenvalue weighted by molar-refractivity contribution is 6.90. The van der Waals surface area contributed by atoms with Gasteiger partial charge in [0.05, 0.1) is 0 Å². The van der Waals surface area contributed by atoms with E-state index in [1.54, 1.807) is 0 Å². The molecule has 184 valence electrons. The van der Waals surface area contributed by atoms with E-state index in [0.29, 0.717) is 39.6 Å². The van der Waals surface area contributed by atoms with Crippen LogP contribution in [0.3, 0.4) is 0 Å². The van der Waals surface area contributed by atoms with Crippen LogP contribution in [0.25, 0.3) is 0 Å². The van der Waals surface area contributed by atoms with Crippen LogP contribution in [0, 0.1) is 0 Å². The third kappa shape index (κ3) is 12.2. The predicted molar refractivity (Wildman–Crippen MR) is 136 cm³/mol. The fourth-order valence-corrected chi connectivity index (χ4v) is 17.4. The summed E-state index contributed by atoms with van der Waals surface area (Å²) in [6.45, 7) is 23.7. The SMILES string of the molecule is CCO[Si](/C=C/[Si](C)(C)O[Si](C)(C)/C=C/[Si](OCC)(OCC)OCC)(OCC)OCC. The zero-order valence-electron chi connectivity index (χ0n) is 21.4. The van der Waals surface area contributed by atoms with Crippen molar-refractivity contribution in [2.24, 2.45) is 0 Å². The van der Waals surface area contributed by atoms with Gasteiger partial charge in [-0.25, -0.2) is 0 Å². The largest absolute Gasteiger partial charge is 0.528 e. The van der Waals surface area contributed by atoms with Crippen LogP contribution in [0.15, 0.2) is 22.8 Å². The summed E-state index contributed by atoms with van der Waals surface area (Å²) in [4.78, 5) is 0. The normalized spacial score (nSPS) is 14.3. The molecule has 0 rings (SSSR count). The van der Waals surface area contributed by atoms with E-state index < -0.39 is 34.2 Å². The second-order valence-electron chi connectivity index (χ2n) is 7.78. The number of rotatable bonds is 18. The molecular weight excluding hydrogens is 465 g/mol. The minimum Gasteiger partial charge on any atom is -0.449 e. The topological polar surface area (TPSA) is 64.6 Å². The van der Waals surface area contributed by atoms with E-state index in [1.807, 2.05) is 52.9 Å². The second-order valence-corrected chi connectivity index (χ2v) is 20.5. The Hall–Kier alpha value is 0.0675. The van der Waals surface area contributed by atoms with Crippen molar-refractivity contribution in [1.29, 1.82) is 0 Å². The Bertz CT molecular complexity index is 462. The summed E-state index contributed by atoms with van der Waals surface area (Å²) in [7, 11) is -10.0. The Morgan fingerprint density at radius 3 is 0.839 bits per heavy atom. The molecule has 0 saturated heterocycles. The first-order valence-electron chi connectivity index (χ1n) is 11.4. The molecule has 7 nitrogen and oxygen atoms in total. The molecule has 0 aliphatic heterocycles. The van der Waals surface area contributed by atoms with Crippen molar-refractivity contribution >= 4 is 34.2 Å². The summed E-state index contributed by atoms with van der Waals surface area (Å²) in [6.07, 6.45) is 0. The van der Waals surface area contributed by atoms with Gasteiger partial charge in [0.1, 0.15) is 0 Å². The van der Waals surface area contributed by atoms with Crippen molar-refractivity contribution in [3.8, 4) is 0 Å². The highest BCUT2D eigenvalue weighted by Gasteiger charge is 2.41. The molecule has 0 fully saturated rings. The maximum Gasteiger partial charge on any atom is 0.528 e. The number of hydrogen-bond acceptors (Lipinski definition) is 7.